The second kappa shape index (κ2) is 6.00. The summed E-state index contributed by atoms with van der Waals surface area (Å²) in [5.74, 6) is -1.08. The third-order valence-electron chi connectivity index (χ3n) is 4.13. The lowest BCUT2D eigenvalue weighted by Gasteiger charge is -2.14. The monoisotopic (exact) mass is 319 g/mol. The number of aryl methyl sites for hydroxylation is 1. The maximum Gasteiger partial charge on any atom is 0.250 e. The van der Waals surface area contributed by atoms with E-state index in [1.165, 1.54) is 16.2 Å². The summed E-state index contributed by atoms with van der Waals surface area (Å²) in [6, 6.07) is 0. The Morgan fingerprint density at radius 1 is 1.27 bits per heavy atom. The Morgan fingerprint density at radius 3 is 2.45 bits per heavy atom. The Balaban J connectivity index is 1.65. The molecule has 0 bridgehead atoms. The fraction of sp³-hybridized carbons (Fsp3) is 0.467. The highest BCUT2D eigenvalue weighted by atomic mass is 32.1. The van der Waals surface area contributed by atoms with Crippen molar-refractivity contribution in [1.29, 1.82) is 0 Å². The van der Waals surface area contributed by atoms with Gasteiger partial charge in [-0.1, -0.05) is 12.2 Å². The van der Waals surface area contributed by atoms with E-state index in [1.807, 2.05) is 30.8 Å². The van der Waals surface area contributed by atoms with Crippen LogP contribution in [0.15, 0.2) is 28.7 Å². The van der Waals surface area contributed by atoms with Gasteiger partial charge in [0.25, 0.3) is 0 Å². The summed E-state index contributed by atoms with van der Waals surface area (Å²) in [5, 5.41) is 1.84. The van der Waals surface area contributed by atoms with E-state index < -0.39 is 0 Å². The predicted molar refractivity (Wildman–Crippen MR) is 80.6 cm³/mol. The number of imide groups is 1. The molecule has 3 rings (SSSR count). The van der Waals surface area contributed by atoms with E-state index in [-0.39, 0.29) is 42.5 Å². The van der Waals surface area contributed by atoms with Crippen LogP contribution < -0.4 is 4.80 Å². The second-order valence-electron chi connectivity index (χ2n) is 5.54. The first kappa shape index (κ1) is 14.9. The maximum atomic E-state index is 12.3. The normalized spacial score (nSPS) is 25.0. The highest BCUT2D eigenvalue weighted by Crippen LogP contribution is 2.34. The van der Waals surface area contributed by atoms with Gasteiger partial charge >= 0.3 is 0 Å². The van der Waals surface area contributed by atoms with Gasteiger partial charge in [0.1, 0.15) is 0 Å². The topological polar surface area (TPSA) is 71.7 Å². The summed E-state index contributed by atoms with van der Waals surface area (Å²) in [5.41, 5.74) is 0. The smallest absolute Gasteiger partial charge is 0.250 e. The zero-order valence-corrected chi connectivity index (χ0v) is 13.1. The molecule has 2 atom stereocenters. The summed E-state index contributed by atoms with van der Waals surface area (Å²) in [6.45, 7) is 0.127. The molecule has 1 aromatic rings. The molecule has 2 heterocycles. The van der Waals surface area contributed by atoms with Crippen LogP contribution in [0.5, 0.6) is 0 Å². The average molecular weight is 319 g/mol. The zero-order valence-electron chi connectivity index (χ0n) is 12.3. The fourth-order valence-corrected chi connectivity index (χ4v) is 3.64. The van der Waals surface area contributed by atoms with Crippen LogP contribution in [0, 0.1) is 11.8 Å². The van der Waals surface area contributed by atoms with Gasteiger partial charge < -0.3 is 4.57 Å². The predicted octanol–water partition coefficient (Wildman–Crippen LogP) is 0.855. The minimum Gasteiger partial charge on any atom is -0.327 e. The van der Waals surface area contributed by atoms with Crippen molar-refractivity contribution in [1.82, 2.24) is 9.47 Å². The van der Waals surface area contributed by atoms with Gasteiger partial charge in [-0.15, -0.1) is 11.3 Å². The summed E-state index contributed by atoms with van der Waals surface area (Å²) < 4.78 is 1.76. The van der Waals surface area contributed by atoms with Crippen LogP contribution in [-0.2, 0) is 21.4 Å². The van der Waals surface area contributed by atoms with Crippen LogP contribution in [0.4, 0.5) is 0 Å². The van der Waals surface area contributed by atoms with Gasteiger partial charge in [0.15, 0.2) is 4.80 Å². The van der Waals surface area contributed by atoms with Crippen LogP contribution in [0.25, 0.3) is 0 Å². The molecule has 1 aromatic heterocycles. The number of aromatic nitrogens is 1. The van der Waals surface area contributed by atoms with Crippen LogP contribution in [0.3, 0.4) is 0 Å². The van der Waals surface area contributed by atoms with E-state index in [0.717, 1.165) is 0 Å². The average Bonchev–Trinajstić information content (AvgIpc) is 3.01. The van der Waals surface area contributed by atoms with Gasteiger partial charge in [-0.25, -0.2) is 0 Å². The molecule has 2 unspecified atom stereocenters. The molecule has 1 aliphatic heterocycles. The number of fused-ring (bicyclic) bond motifs is 1. The Labute approximate surface area is 131 Å². The number of amides is 3. The molecule has 1 saturated heterocycles. The van der Waals surface area contributed by atoms with Gasteiger partial charge in [0.2, 0.25) is 17.7 Å². The molecule has 22 heavy (non-hydrogen) atoms. The number of hydrogen-bond acceptors (Lipinski definition) is 4. The van der Waals surface area contributed by atoms with Crippen molar-refractivity contribution in [2.75, 3.05) is 6.54 Å². The minimum absolute atomic E-state index is 0.0717. The third-order valence-corrected chi connectivity index (χ3v) is 4.98. The van der Waals surface area contributed by atoms with Crippen molar-refractivity contribution in [2.24, 2.45) is 23.9 Å². The van der Waals surface area contributed by atoms with Crippen LogP contribution in [-0.4, -0.2) is 33.7 Å². The van der Waals surface area contributed by atoms with Gasteiger partial charge in [-0.05, 0) is 12.8 Å². The molecule has 2 aliphatic rings. The Bertz CT molecular complexity index is 690. The molecule has 7 heteroatoms. The fourth-order valence-electron chi connectivity index (χ4n) is 2.89. The summed E-state index contributed by atoms with van der Waals surface area (Å²) in [7, 11) is 1.81. The second-order valence-corrected chi connectivity index (χ2v) is 6.41. The first-order chi connectivity index (χ1) is 10.6. The molecule has 6 nitrogen and oxygen atoms in total. The quantitative estimate of drug-likeness (QED) is 0.613. The Kier molecular flexibility index (Phi) is 4.06. The lowest BCUT2D eigenvalue weighted by atomic mass is 9.85. The number of rotatable bonds is 3. The van der Waals surface area contributed by atoms with E-state index in [4.69, 9.17) is 0 Å². The summed E-state index contributed by atoms with van der Waals surface area (Å²) >= 11 is 1.37. The van der Waals surface area contributed by atoms with E-state index in [0.29, 0.717) is 17.6 Å². The van der Waals surface area contributed by atoms with Crippen molar-refractivity contribution in [3.63, 3.8) is 0 Å². The first-order valence-corrected chi connectivity index (χ1v) is 8.14. The molecule has 116 valence electrons. The number of nitrogens with zero attached hydrogens (tertiary/aromatic N) is 3. The molecule has 0 saturated carbocycles. The van der Waals surface area contributed by atoms with E-state index in [2.05, 4.69) is 4.99 Å². The van der Waals surface area contributed by atoms with Crippen LogP contribution in [0.2, 0.25) is 0 Å². The molecule has 0 aromatic carbocycles. The lowest BCUT2D eigenvalue weighted by Crippen LogP contribution is -2.33. The number of hydrogen-bond donors (Lipinski definition) is 0. The number of carbonyl (C=O) groups excluding carboxylic acids is 3. The van der Waals surface area contributed by atoms with Crippen molar-refractivity contribution in [2.45, 2.75) is 19.3 Å². The molecule has 1 fully saturated rings. The molecular weight excluding hydrogens is 302 g/mol. The number of likely N-dealkylation sites (tertiary alicyclic amines) is 1. The minimum atomic E-state index is -0.313. The van der Waals surface area contributed by atoms with Gasteiger partial charge in [0.05, 0.1) is 11.8 Å². The Morgan fingerprint density at radius 2 is 1.91 bits per heavy atom. The van der Waals surface area contributed by atoms with E-state index >= 15 is 0 Å². The van der Waals surface area contributed by atoms with Crippen molar-refractivity contribution >= 4 is 29.1 Å². The number of carbonyl (C=O) groups is 3. The molecule has 0 radical (unpaired) electrons. The van der Waals surface area contributed by atoms with Crippen molar-refractivity contribution < 1.29 is 14.4 Å². The van der Waals surface area contributed by atoms with Gasteiger partial charge in [0, 0.05) is 31.6 Å². The summed E-state index contributed by atoms with van der Waals surface area (Å²) in [4.78, 5) is 42.3. The maximum absolute atomic E-state index is 12.3. The largest absolute Gasteiger partial charge is 0.327 e. The Hall–Kier alpha value is -2.02. The van der Waals surface area contributed by atoms with Crippen molar-refractivity contribution in [3.05, 3.63) is 28.5 Å². The van der Waals surface area contributed by atoms with E-state index in [9.17, 15) is 14.4 Å². The van der Waals surface area contributed by atoms with Crippen LogP contribution >= 0.6 is 11.3 Å². The zero-order chi connectivity index (χ0) is 15.7. The van der Waals surface area contributed by atoms with Crippen molar-refractivity contribution in [3.8, 4) is 0 Å². The molecular formula is C15H17N3O3S. The molecule has 0 N–H and O–H groups in total. The van der Waals surface area contributed by atoms with Gasteiger partial charge in [-0.2, -0.15) is 4.99 Å². The molecule has 3 amide bonds. The molecule has 0 spiro atoms. The number of allylic oxidation sites excluding steroid dienone is 2. The first-order valence-electron chi connectivity index (χ1n) is 7.26. The third kappa shape index (κ3) is 2.68. The van der Waals surface area contributed by atoms with Gasteiger partial charge in [-0.3, -0.25) is 19.3 Å². The highest BCUT2D eigenvalue weighted by Gasteiger charge is 2.46. The lowest BCUT2D eigenvalue weighted by molar-refractivity contribution is -0.140. The SMILES string of the molecule is Cn1ccsc1=NC(=O)CCN1C(=O)C2CC=CCC2C1=O. The molecule has 1 aliphatic carbocycles. The highest BCUT2D eigenvalue weighted by molar-refractivity contribution is 7.07. The number of thiazole rings is 1. The summed E-state index contributed by atoms with van der Waals surface area (Å²) in [6.07, 6.45) is 7.04. The van der Waals surface area contributed by atoms with E-state index in [1.54, 1.807) is 4.57 Å². The standard InChI is InChI=1S/C15H17N3O3S/c1-17-8-9-22-15(17)16-12(19)6-7-18-13(20)10-4-2-3-5-11(10)14(18)21/h2-3,8-11H,4-7H2,1H3. The van der Waals surface area contributed by atoms with Crippen LogP contribution in [0.1, 0.15) is 19.3 Å².